The number of rotatable bonds is 3. The van der Waals surface area contributed by atoms with Gasteiger partial charge in [-0.05, 0) is 59.9 Å². The smallest absolute Gasteiger partial charge is 0.327 e. The average Bonchev–Trinajstić information content (AvgIpc) is 3.28. The molecule has 1 atom stereocenters. The number of aromatic amines is 1. The van der Waals surface area contributed by atoms with Gasteiger partial charge in [-0.1, -0.05) is 29.8 Å². The Hall–Kier alpha value is -3.38. The molecule has 0 spiro atoms. The molecule has 1 unspecified atom stereocenters. The Morgan fingerprint density at radius 3 is 2.93 bits per heavy atom. The third-order valence-corrected chi connectivity index (χ3v) is 5.94. The van der Waals surface area contributed by atoms with E-state index in [-0.39, 0.29) is 17.6 Å². The highest BCUT2D eigenvalue weighted by molar-refractivity contribution is 6.30. The van der Waals surface area contributed by atoms with Crippen LogP contribution in [0.25, 0.3) is 22.3 Å². The maximum absolute atomic E-state index is 12.9. The number of hydrogen-bond acceptors (Lipinski definition) is 3. The lowest BCUT2D eigenvalue weighted by Crippen LogP contribution is -2.27. The zero-order chi connectivity index (χ0) is 20.8. The van der Waals surface area contributed by atoms with Crippen molar-refractivity contribution in [2.75, 3.05) is 0 Å². The third-order valence-electron chi connectivity index (χ3n) is 5.71. The number of H-pyrrole nitrogens is 1. The van der Waals surface area contributed by atoms with Crippen LogP contribution in [0.2, 0.25) is 5.02 Å². The van der Waals surface area contributed by atoms with Crippen LogP contribution in [0.3, 0.4) is 0 Å². The minimum atomic E-state index is -0.209. The molecule has 2 aromatic carbocycles. The van der Waals surface area contributed by atoms with E-state index in [1.54, 1.807) is 19.3 Å². The largest absolute Gasteiger partial charge is 0.345 e. The number of aryl methyl sites for hydroxylation is 2. The summed E-state index contributed by atoms with van der Waals surface area (Å²) in [6.45, 7) is 0. The minimum Gasteiger partial charge on any atom is -0.345 e. The summed E-state index contributed by atoms with van der Waals surface area (Å²) in [7, 11) is 1.70. The summed E-state index contributed by atoms with van der Waals surface area (Å²) in [5.41, 5.74) is 5.64. The van der Waals surface area contributed by atoms with Crippen LogP contribution < -0.4 is 11.0 Å². The van der Waals surface area contributed by atoms with Crippen molar-refractivity contribution >= 4 is 28.7 Å². The molecule has 0 bridgehead atoms. The summed E-state index contributed by atoms with van der Waals surface area (Å²) < 4.78 is 1.52. The number of carbonyl (C=O) groups is 1. The Bertz CT molecular complexity index is 1360. The van der Waals surface area contributed by atoms with E-state index >= 15 is 0 Å². The quantitative estimate of drug-likeness (QED) is 0.527. The number of halogens is 1. The fourth-order valence-electron chi connectivity index (χ4n) is 4.06. The van der Waals surface area contributed by atoms with Crippen LogP contribution in [0.15, 0.2) is 59.5 Å². The number of amides is 1. The highest BCUT2D eigenvalue weighted by atomic mass is 35.5. The summed E-state index contributed by atoms with van der Waals surface area (Å²) >= 11 is 6.14. The highest BCUT2D eigenvalue weighted by Gasteiger charge is 2.24. The lowest BCUT2D eigenvalue weighted by molar-refractivity contribution is 0.0937. The standard InChI is InChI=1S/C23H19ClN4O2/c1-28-20-10-16(12-25-21(20)27-23(28)30)14-3-2-4-15(9-14)22(29)26-19-8-6-13-5-7-17(24)11-18(13)19/h2-5,7,9-12,19H,6,8H2,1H3,(H,26,29)(H,25,27,30). The van der Waals surface area contributed by atoms with Crippen LogP contribution in [-0.2, 0) is 13.5 Å². The number of nitrogens with one attached hydrogen (secondary N) is 2. The summed E-state index contributed by atoms with van der Waals surface area (Å²) in [6.07, 6.45) is 3.49. The molecule has 2 aromatic heterocycles. The fourth-order valence-corrected chi connectivity index (χ4v) is 4.24. The van der Waals surface area contributed by atoms with Gasteiger partial charge in [-0.2, -0.15) is 0 Å². The molecule has 0 radical (unpaired) electrons. The van der Waals surface area contributed by atoms with Crippen molar-refractivity contribution in [3.05, 3.63) is 86.9 Å². The predicted molar refractivity (Wildman–Crippen MR) is 117 cm³/mol. The van der Waals surface area contributed by atoms with Gasteiger partial charge in [-0.3, -0.25) is 14.3 Å². The van der Waals surface area contributed by atoms with Crippen molar-refractivity contribution in [2.24, 2.45) is 7.05 Å². The van der Waals surface area contributed by atoms with Gasteiger partial charge in [0.2, 0.25) is 0 Å². The lowest BCUT2D eigenvalue weighted by atomic mass is 10.0. The van der Waals surface area contributed by atoms with Crippen LogP contribution in [0.5, 0.6) is 0 Å². The molecule has 5 rings (SSSR count). The Kier molecular flexibility index (Phi) is 4.44. The van der Waals surface area contributed by atoms with Gasteiger partial charge in [0.05, 0.1) is 11.6 Å². The molecule has 7 heteroatoms. The average molecular weight is 419 g/mol. The van der Waals surface area contributed by atoms with Crippen molar-refractivity contribution in [3.8, 4) is 11.1 Å². The Morgan fingerprint density at radius 1 is 1.20 bits per heavy atom. The van der Waals surface area contributed by atoms with Gasteiger partial charge in [-0.25, -0.2) is 9.78 Å². The molecule has 0 saturated heterocycles. The SMILES string of the molecule is Cn1c(=O)[nH]c2ncc(-c3cccc(C(=O)NC4CCc5ccc(Cl)cc54)c3)cc21. The highest BCUT2D eigenvalue weighted by Crippen LogP contribution is 2.33. The van der Waals surface area contributed by atoms with Gasteiger partial charge in [0, 0.05) is 29.4 Å². The fraction of sp³-hybridized carbons (Fsp3) is 0.174. The van der Waals surface area contributed by atoms with Crippen LogP contribution >= 0.6 is 11.6 Å². The van der Waals surface area contributed by atoms with E-state index in [1.807, 2.05) is 42.5 Å². The topological polar surface area (TPSA) is 79.8 Å². The van der Waals surface area contributed by atoms with Crippen molar-refractivity contribution in [1.29, 1.82) is 0 Å². The molecule has 1 aliphatic rings. The summed E-state index contributed by atoms with van der Waals surface area (Å²) in [4.78, 5) is 31.8. The Morgan fingerprint density at radius 2 is 2.07 bits per heavy atom. The number of hydrogen-bond donors (Lipinski definition) is 2. The second-order valence-corrected chi connectivity index (χ2v) is 8.01. The first-order valence-electron chi connectivity index (χ1n) is 9.74. The first-order valence-corrected chi connectivity index (χ1v) is 10.1. The van der Waals surface area contributed by atoms with Crippen LogP contribution in [0.4, 0.5) is 0 Å². The molecular weight excluding hydrogens is 400 g/mol. The number of benzene rings is 2. The molecule has 1 aliphatic carbocycles. The second kappa shape index (κ2) is 7.15. The third kappa shape index (κ3) is 3.19. The molecular formula is C23H19ClN4O2. The Labute approximate surface area is 177 Å². The van der Waals surface area contributed by atoms with Crippen molar-refractivity contribution < 1.29 is 4.79 Å². The van der Waals surface area contributed by atoms with Gasteiger partial charge in [0.25, 0.3) is 5.91 Å². The Balaban J connectivity index is 1.43. The molecule has 30 heavy (non-hydrogen) atoms. The number of carbonyl (C=O) groups excluding carboxylic acids is 1. The lowest BCUT2D eigenvalue weighted by Gasteiger charge is -2.15. The maximum Gasteiger partial charge on any atom is 0.327 e. The van der Waals surface area contributed by atoms with Gasteiger partial charge < -0.3 is 5.32 Å². The van der Waals surface area contributed by atoms with Crippen LogP contribution in [-0.4, -0.2) is 20.4 Å². The van der Waals surface area contributed by atoms with E-state index in [0.29, 0.717) is 21.7 Å². The number of pyridine rings is 1. The van der Waals surface area contributed by atoms with E-state index in [1.165, 1.54) is 10.1 Å². The van der Waals surface area contributed by atoms with Gasteiger partial charge in [0.15, 0.2) is 5.65 Å². The molecule has 6 nitrogen and oxygen atoms in total. The van der Waals surface area contributed by atoms with Crippen molar-refractivity contribution in [3.63, 3.8) is 0 Å². The van der Waals surface area contributed by atoms with E-state index < -0.39 is 0 Å². The molecule has 4 aromatic rings. The number of nitrogens with zero attached hydrogens (tertiary/aromatic N) is 2. The van der Waals surface area contributed by atoms with Gasteiger partial charge in [0.1, 0.15) is 0 Å². The molecule has 0 fully saturated rings. The predicted octanol–water partition coefficient (Wildman–Crippen LogP) is 4.00. The van der Waals surface area contributed by atoms with E-state index in [2.05, 4.69) is 15.3 Å². The normalized spacial score (nSPS) is 15.3. The molecule has 2 N–H and O–H groups in total. The number of fused-ring (bicyclic) bond motifs is 2. The van der Waals surface area contributed by atoms with E-state index in [9.17, 15) is 9.59 Å². The summed E-state index contributed by atoms with van der Waals surface area (Å²) in [6, 6.07) is 15.1. The number of aromatic nitrogens is 3. The first-order chi connectivity index (χ1) is 14.5. The summed E-state index contributed by atoms with van der Waals surface area (Å²) in [5.74, 6) is -0.127. The molecule has 2 heterocycles. The minimum absolute atomic E-state index is 0.0396. The van der Waals surface area contributed by atoms with Gasteiger partial charge in [-0.15, -0.1) is 0 Å². The monoisotopic (exact) mass is 418 g/mol. The maximum atomic E-state index is 12.9. The zero-order valence-corrected chi connectivity index (χ0v) is 17.0. The second-order valence-electron chi connectivity index (χ2n) is 7.57. The first kappa shape index (κ1) is 18.6. The van der Waals surface area contributed by atoms with Crippen molar-refractivity contribution in [2.45, 2.75) is 18.9 Å². The van der Waals surface area contributed by atoms with Crippen molar-refractivity contribution in [1.82, 2.24) is 19.9 Å². The van der Waals surface area contributed by atoms with E-state index in [4.69, 9.17) is 11.6 Å². The molecule has 150 valence electrons. The van der Waals surface area contributed by atoms with E-state index in [0.717, 1.165) is 29.5 Å². The van der Waals surface area contributed by atoms with Crippen LogP contribution in [0.1, 0.15) is 33.9 Å². The summed E-state index contributed by atoms with van der Waals surface area (Å²) in [5, 5.41) is 3.82. The number of imidazole rings is 1. The molecule has 1 amide bonds. The molecule has 0 aliphatic heterocycles. The van der Waals surface area contributed by atoms with Crippen LogP contribution in [0, 0.1) is 0 Å². The van der Waals surface area contributed by atoms with Gasteiger partial charge >= 0.3 is 5.69 Å². The zero-order valence-electron chi connectivity index (χ0n) is 16.3. The molecule has 0 saturated carbocycles.